The Morgan fingerprint density at radius 3 is 2.50 bits per heavy atom. The fourth-order valence-corrected chi connectivity index (χ4v) is 1.57. The molecule has 0 saturated heterocycles. The molecule has 0 atom stereocenters. The summed E-state index contributed by atoms with van der Waals surface area (Å²) in [6, 6.07) is 7.18. The molecule has 0 saturated carbocycles. The normalized spacial score (nSPS) is 10.4. The molecule has 0 aliphatic carbocycles. The van der Waals surface area contributed by atoms with Crippen molar-refractivity contribution in [3.8, 4) is 5.69 Å². The average molecular weight is 245 g/mol. The molecule has 0 unspecified atom stereocenters. The molecule has 0 bridgehead atoms. The van der Waals surface area contributed by atoms with Crippen molar-refractivity contribution in [1.29, 1.82) is 0 Å². The lowest BCUT2D eigenvalue weighted by Crippen LogP contribution is -1.93. The van der Waals surface area contributed by atoms with Gasteiger partial charge in [-0.3, -0.25) is 9.78 Å². The Hall–Kier alpha value is -0.770. The number of nitrogens with zero attached hydrogens (tertiary/aromatic N) is 1. The smallest absolute Gasteiger partial charge is 0.119 e. The van der Waals surface area contributed by atoms with Crippen molar-refractivity contribution in [2.24, 2.45) is 0 Å². The Morgan fingerprint density at radius 1 is 1.14 bits per heavy atom. The molecule has 2 nitrogen and oxygen atoms in total. The van der Waals surface area contributed by atoms with Crippen LogP contribution in [0, 0.1) is 4.64 Å². The average Bonchev–Trinajstić information content (AvgIpc) is 2.57. The highest BCUT2D eigenvalue weighted by atomic mass is 35.5. The van der Waals surface area contributed by atoms with Gasteiger partial charge in [0.15, 0.2) is 0 Å². The number of hydrogen-bond donors (Lipinski definition) is 1. The first-order valence-electron chi connectivity index (χ1n) is 3.90. The summed E-state index contributed by atoms with van der Waals surface area (Å²) in [5.41, 5.74) is 0.899. The zero-order chi connectivity index (χ0) is 10.1. The van der Waals surface area contributed by atoms with Gasteiger partial charge in [0.25, 0.3) is 0 Å². The van der Waals surface area contributed by atoms with E-state index in [2.05, 4.69) is 5.10 Å². The number of H-pyrrole nitrogens is 1. The van der Waals surface area contributed by atoms with E-state index in [-0.39, 0.29) is 0 Å². The summed E-state index contributed by atoms with van der Waals surface area (Å²) in [4.78, 5) is 0. The molecule has 0 aliphatic heterocycles. The van der Waals surface area contributed by atoms with Crippen LogP contribution in [0.5, 0.6) is 0 Å². The second-order valence-corrected chi connectivity index (χ2v) is 4.01. The van der Waals surface area contributed by atoms with Crippen molar-refractivity contribution in [2.75, 3.05) is 0 Å². The molecule has 2 aromatic rings. The minimum Gasteiger partial charge on any atom is -0.284 e. The van der Waals surface area contributed by atoms with E-state index < -0.39 is 0 Å². The molecule has 5 heteroatoms. The first-order chi connectivity index (χ1) is 6.66. The molecule has 0 fully saturated rings. The maximum absolute atomic E-state index is 5.89. The van der Waals surface area contributed by atoms with Gasteiger partial charge in [-0.05, 0) is 24.3 Å². The van der Waals surface area contributed by atoms with Crippen molar-refractivity contribution >= 4 is 35.4 Å². The van der Waals surface area contributed by atoms with Crippen molar-refractivity contribution in [1.82, 2.24) is 9.78 Å². The molecule has 2 rings (SSSR count). The molecule has 1 heterocycles. The number of aromatic nitrogens is 2. The van der Waals surface area contributed by atoms with Crippen LogP contribution < -0.4 is 0 Å². The zero-order valence-electron chi connectivity index (χ0n) is 7.00. The first-order valence-corrected chi connectivity index (χ1v) is 5.06. The van der Waals surface area contributed by atoms with Crippen molar-refractivity contribution < 1.29 is 0 Å². The molecule has 1 N–H and O–H groups in total. The van der Waals surface area contributed by atoms with Gasteiger partial charge in [-0.25, -0.2) is 0 Å². The van der Waals surface area contributed by atoms with Crippen LogP contribution in [0.25, 0.3) is 5.69 Å². The molecule has 0 radical (unpaired) electrons. The molecule has 14 heavy (non-hydrogen) atoms. The van der Waals surface area contributed by atoms with Crippen LogP contribution in [-0.2, 0) is 0 Å². The molecular weight excluding hydrogens is 239 g/mol. The molecule has 0 aliphatic rings. The molecular formula is C9H6Cl2N2S. The van der Waals surface area contributed by atoms with Gasteiger partial charge in [0.05, 0.1) is 15.7 Å². The van der Waals surface area contributed by atoms with Crippen LogP contribution >= 0.6 is 35.4 Å². The molecule has 0 amide bonds. The van der Waals surface area contributed by atoms with Crippen LogP contribution in [0.4, 0.5) is 0 Å². The lowest BCUT2D eigenvalue weighted by molar-refractivity contribution is 0.875. The largest absolute Gasteiger partial charge is 0.284 e. The summed E-state index contributed by atoms with van der Waals surface area (Å²) in [5.74, 6) is 0. The number of halogens is 2. The van der Waals surface area contributed by atoms with E-state index in [1.807, 2.05) is 12.3 Å². The van der Waals surface area contributed by atoms with Gasteiger partial charge in [0.2, 0.25) is 0 Å². The van der Waals surface area contributed by atoms with Gasteiger partial charge in [0, 0.05) is 6.20 Å². The summed E-state index contributed by atoms with van der Waals surface area (Å²) in [5, 5.41) is 4.04. The summed E-state index contributed by atoms with van der Waals surface area (Å²) < 4.78 is 2.46. The number of rotatable bonds is 1. The summed E-state index contributed by atoms with van der Waals surface area (Å²) >= 11 is 16.6. The third kappa shape index (κ3) is 1.85. The zero-order valence-corrected chi connectivity index (χ0v) is 9.33. The van der Waals surface area contributed by atoms with Crippen LogP contribution in [0.3, 0.4) is 0 Å². The van der Waals surface area contributed by atoms with Gasteiger partial charge >= 0.3 is 0 Å². The number of hydrogen-bond acceptors (Lipinski definition) is 1. The summed E-state index contributed by atoms with van der Waals surface area (Å²) in [6.07, 6.45) is 1.84. The van der Waals surface area contributed by atoms with E-state index in [1.165, 1.54) is 0 Å². The minimum absolute atomic E-state index is 0.525. The number of nitrogens with one attached hydrogen (secondary N) is 1. The van der Waals surface area contributed by atoms with Crippen molar-refractivity contribution in [3.05, 3.63) is 45.1 Å². The maximum atomic E-state index is 5.89. The van der Waals surface area contributed by atoms with Crippen molar-refractivity contribution in [3.63, 3.8) is 0 Å². The third-order valence-electron chi connectivity index (χ3n) is 1.79. The van der Waals surface area contributed by atoms with Crippen LogP contribution in [0.2, 0.25) is 10.0 Å². The fourth-order valence-electron chi connectivity index (χ4n) is 1.12. The van der Waals surface area contributed by atoms with E-state index >= 15 is 0 Å². The molecule has 1 aromatic heterocycles. The highest BCUT2D eigenvalue weighted by molar-refractivity contribution is 7.71. The van der Waals surface area contributed by atoms with Crippen LogP contribution in [-0.4, -0.2) is 9.78 Å². The topological polar surface area (TPSA) is 20.7 Å². The Kier molecular flexibility index (Phi) is 2.63. The maximum Gasteiger partial charge on any atom is 0.119 e. The van der Waals surface area contributed by atoms with Crippen LogP contribution in [0.15, 0.2) is 30.5 Å². The quantitative estimate of drug-likeness (QED) is 0.757. The van der Waals surface area contributed by atoms with E-state index in [1.54, 1.807) is 22.9 Å². The molecule has 0 spiro atoms. The van der Waals surface area contributed by atoms with E-state index in [4.69, 9.17) is 35.4 Å². The second-order valence-electron chi connectivity index (χ2n) is 2.76. The number of benzene rings is 1. The van der Waals surface area contributed by atoms with Crippen molar-refractivity contribution in [2.45, 2.75) is 0 Å². The lowest BCUT2D eigenvalue weighted by Gasteiger charge is -2.03. The minimum atomic E-state index is 0.525. The lowest BCUT2D eigenvalue weighted by atomic mass is 10.3. The number of aromatic amines is 1. The predicted octanol–water partition coefficient (Wildman–Crippen LogP) is 3.84. The van der Waals surface area contributed by atoms with Crippen LogP contribution in [0.1, 0.15) is 0 Å². The Bertz CT molecular complexity index is 516. The highest BCUT2D eigenvalue weighted by Gasteiger charge is 2.00. The first kappa shape index (κ1) is 9.77. The Balaban J connectivity index is 2.52. The van der Waals surface area contributed by atoms with E-state index in [0.717, 1.165) is 5.69 Å². The standard InChI is InChI=1S/C9H6Cl2N2S/c10-7-2-1-6(5-8(7)11)13-4-3-9(14)12-13/h1-5H,(H,12,14). The Labute approximate surface area is 96.1 Å². The van der Waals surface area contributed by atoms with Gasteiger partial charge in [-0.15, -0.1) is 0 Å². The SMILES string of the molecule is S=c1ccn(-c2ccc(Cl)c(Cl)c2)[nH]1. The second kappa shape index (κ2) is 3.77. The van der Waals surface area contributed by atoms with Gasteiger partial charge < -0.3 is 0 Å². The monoisotopic (exact) mass is 244 g/mol. The highest BCUT2D eigenvalue weighted by Crippen LogP contribution is 2.23. The van der Waals surface area contributed by atoms with Gasteiger partial charge in [-0.1, -0.05) is 35.4 Å². The molecule has 72 valence electrons. The fraction of sp³-hybridized carbons (Fsp3) is 0. The van der Waals surface area contributed by atoms with E-state index in [9.17, 15) is 0 Å². The Morgan fingerprint density at radius 2 is 1.93 bits per heavy atom. The summed E-state index contributed by atoms with van der Waals surface area (Å²) in [7, 11) is 0. The third-order valence-corrected chi connectivity index (χ3v) is 2.75. The summed E-state index contributed by atoms with van der Waals surface area (Å²) in [6.45, 7) is 0. The van der Waals surface area contributed by atoms with Gasteiger partial charge in [-0.2, -0.15) is 0 Å². The van der Waals surface area contributed by atoms with E-state index in [0.29, 0.717) is 14.7 Å². The molecule has 1 aromatic carbocycles. The predicted molar refractivity (Wildman–Crippen MR) is 61.0 cm³/mol. The van der Waals surface area contributed by atoms with Gasteiger partial charge in [0.1, 0.15) is 4.64 Å².